The molecule has 4 rings (SSSR count). The highest BCUT2D eigenvalue weighted by molar-refractivity contribution is 9.10. The van der Waals surface area contributed by atoms with Crippen LogP contribution < -0.4 is 0 Å². The van der Waals surface area contributed by atoms with Gasteiger partial charge in [0, 0.05) is 0 Å². The summed E-state index contributed by atoms with van der Waals surface area (Å²) in [5, 5.41) is 20.2. The highest BCUT2D eigenvalue weighted by Gasteiger charge is 2.30. The number of rotatable bonds is 5. The maximum Gasteiger partial charge on any atom is 0.313 e. The van der Waals surface area contributed by atoms with Crippen molar-refractivity contribution in [2.75, 3.05) is 5.75 Å². The topological polar surface area (TPSA) is 68.0 Å². The van der Waals surface area contributed by atoms with Gasteiger partial charge in [0.05, 0.1) is 11.4 Å². The minimum absolute atomic E-state index is 0.0442. The van der Waals surface area contributed by atoms with Crippen LogP contribution in [0, 0.1) is 0 Å². The Hall–Kier alpha value is -1.86. The Balaban J connectivity index is 1.89. The van der Waals surface area contributed by atoms with Crippen LogP contribution in [0.15, 0.2) is 46.3 Å². The second kappa shape index (κ2) is 6.22. The first-order chi connectivity index (χ1) is 11.6. The normalized spacial score (nSPS) is 14.2. The first kappa shape index (κ1) is 15.7. The molecule has 2 aromatic carbocycles. The number of nitrogens with zero attached hydrogens (tertiary/aromatic N) is 3. The smallest absolute Gasteiger partial charge is 0.313 e. The molecule has 1 heterocycles. The van der Waals surface area contributed by atoms with Gasteiger partial charge >= 0.3 is 5.97 Å². The highest BCUT2D eigenvalue weighted by atomic mass is 79.9. The minimum Gasteiger partial charge on any atom is -0.481 e. The third-order valence-electron chi connectivity index (χ3n) is 4.09. The van der Waals surface area contributed by atoms with Crippen LogP contribution in [-0.4, -0.2) is 31.6 Å². The van der Waals surface area contributed by atoms with E-state index in [2.05, 4.69) is 56.5 Å². The molecule has 3 aromatic rings. The van der Waals surface area contributed by atoms with Gasteiger partial charge in [-0.2, -0.15) is 0 Å². The Morgan fingerprint density at radius 1 is 1.25 bits per heavy atom. The number of hydrogen-bond donors (Lipinski definition) is 1. The van der Waals surface area contributed by atoms with E-state index < -0.39 is 5.97 Å². The Morgan fingerprint density at radius 2 is 2.04 bits per heavy atom. The number of aromatic nitrogens is 3. The number of aliphatic carboxylic acids is 1. The van der Waals surface area contributed by atoms with Gasteiger partial charge in [-0.3, -0.25) is 9.36 Å². The van der Waals surface area contributed by atoms with Crippen molar-refractivity contribution in [1.82, 2.24) is 14.8 Å². The molecule has 0 amide bonds. The van der Waals surface area contributed by atoms with E-state index in [0.717, 1.165) is 5.69 Å². The standard InChI is InChI=1S/C17H14BrN3O2S/c18-16-19-20-17(24-9-14(22)23)21(16)13-8-7-10-3-1-2-4-12(10)15(13)11-5-6-11/h1-4,7-8,11H,5-6,9H2,(H,22,23). The fraction of sp³-hybridized carbons (Fsp3) is 0.235. The van der Waals surface area contributed by atoms with Gasteiger partial charge in [0.2, 0.25) is 4.73 Å². The second-order valence-corrected chi connectivity index (χ2v) is 7.41. The molecular formula is C17H14BrN3O2S. The van der Waals surface area contributed by atoms with Crippen LogP contribution in [0.2, 0.25) is 0 Å². The Labute approximate surface area is 151 Å². The average molecular weight is 404 g/mol. The van der Waals surface area contributed by atoms with Gasteiger partial charge in [-0.05, 0) is 57.1 Å². The predicted octanol–water partition coefficient (Wildman–Crippen LogP) is 4.24. The van der Waals surface area contributed by atoms with Crippen molar-refractivity contribution in [2.45, 2.75) is 23.9 Å². The molecule has 0 spiro atoms. The van der Waals surface area contributed by atoms with E-state index in [1.165, 1.54) is 40.9 Å². The van der Waals surface area contributed by atoms with E-state index in [0.29, 0.717) is 15.8 Å². The predicted molar refractivity (Wildman–Crippen MR) is 96.9 cm³/mol. The van der Waals surface area contributed by atoms with Crippen molar-refractivity contribution in [3.8, 4) is 5.69 Å². The Kier molecular flexibility index (Phi) is 4.05. The summed E-state index contributed by atoms with van der Waals surface area (Å²) < 4.78 is 2.50. The number of carboxylic acid groups (broad SMARTS) is 1. The van der Waals surface area contributed by atoms with Crippen molar-refractivity contribution < 1.29 is 9.90 Å². The van der Waals surface area contributed by atoms with Crippen LogP contribution in [0.1, 0.15) is 24.3 Å². The molecular weight excluding hydrogens is 390 g/mol. The van der Waals surface area contributed by atoms with Crippen LogP contribution >= 0.6 is 27.7 Å². The van der Waals surface area contributed by atoms with E-state index in [1.807, 2.05) is 10.6 Å². The number of fused-ring (bicyclic) bond motifs is 1. The Morgan fingerprint density at radius 3 is 2.79 bits per heavy atom. The second-order valence-electron chi connectivity index (χ2n) is 5.76. The van der Waals surface area contributed by atoms with Crippen molar-refractivity contribution in [2.24, 2.45) is 0 Å². The van der Waals surface area contributed by atoms with Gasteiger partial charge in [-0.15, -0.1) is 10.2 Å². The van der Waals surface area contributed by atoms with Gasteiger partial charge in [0.25, 0.3) is 0 Å². The fourth-order valence-electron chi connectivity index (χ4n) is 2.95. The molecule has 1 fully saturated rings. The van der Waals surface area contributed by atoms with Gasteiger partial charge in [-0.25, -0.2) is 0 Å². The molecule has 0 saturated heterocycles. The minimum atomic E-state index is -0.869. The molecule has 0 bridgehead atoms. The lowest BCUT2D eigenvalue weighted by molar-refractivity contribution is -0.133. The zero-order valence-corrected chi connectivity index (χ0v) is 15.0. The third-order valence-corrected chi connectivity index (χ3v) is 5.52. The number of thioether (sulfide) groups is 1. The van der Waals surface area contributed by atoms with E-state index in [1.54, 1.807) is 0 Å². The summed E-state index contributed by atoms with van der Waals surface area (Å²) in [4.78, 5) is 10.9. The average Bonchev–Trinajstić information content (AvgIpc) is 3.35. The first-order valence-corrected chi connectivity index (χ1v) is 9.40. The Bertz CT molecular complexity index is 937. The summed E-state index contributed by atoms with van der Waals surface area (Å²) in [6, 6.07) is 12.5. The summed E-state index contributed by atoms with van der Waals surface area (Å²) in [7, 11) is 0. The lowest BCUT2D eigenvalue weighted by Crippen LogP contribution is -2.04. The highest BCUT2D eigenvalue weighted by Crippen LogP contribution is 2.46. The molecule has 0 atom stereocenters. The van der Waals surface area contributed by atoms with E-state index in [-0.39, 0.29) is 5.75 Å². The number of benzene rings is 2. The molecule has 0 aliphatic heterocycles. The third kappa shape index (κ3) is 2.82. The zero-order chi connectivity index (χ0) is 16.7. The zero-order valence-electron chi connectivity index (χ0n) is 12.6. The molecule has 1 aliphatic rings. The van der Waals surface area contributed by atoms with E-state index >= 15 is 0 Å². The summed E-state index contributed by atoms with van der Waals surface area (Å²) >= 11 is 4.63. The molecule has 24 heavy (non-hydrogen) atoms. The maximum atomic E-state index is 10.9. The monoisotopic (exact) mass is 403 g/mol. The lowest BCUT2D eigenvalue weighted by atomic mass is 9.99. The number of carboxylic acids is 1. The molecule has 122 valence electrons. The van der Waals surface area contributed by atoms with Crippen molar-refractivity contribution >= 4 is 44.4 Å². The summed E-state index contributed by atoms with van der Waals surface area (Å²) in [6.45, 7) is 0. The summed E-state index contributed by atoms with van der Waals surface area (Å²) in [6.07, 6.45) is 2.36. The molecule has 1 aliphatic carbocycles. The number of hydrogen-bond acceptors (Lipinski definition) is 4. The molecule has 7 heteroatoms. The van der Waals surface area contributed by atoms with Crippen LogP contribution in [0.5, 0.6) is 0 Å². The van der Waals surface area contributed by atoms with Gasteiger partial charge in [-0.1, -0.05) is 42.1 Å². The van der Waals surface area contributed by atoms with Crippen LogP contribution in [-0.2, 0) is 4.79 Å². The maximum absolute atomic E-state index is 10.9. The van der Waals surface area contributed by atoms with Crippen LogP contribution in [0.25, 0.3) is 16.5 Å². The molecule has 1 N–H and O–H groups in total. The summed E-state index contributed by atoms with van der Waals surface area (Å²) in [5.41, 5.74) is 2.33. The van der Waals surface area contributed by atoms with E-state index in [4.69, 9.17) is 5.11 Å². The quantitative estimate of drug-likeness (QED) is 0.645. The van der Waals surface area contributed by atoms with E-state index in [9.17, 15) is 4.79 Å². The van der Waals surface area contributed by atoms with Crippen molar-refractivity contribution in [1.29, 1.82) is 0 Å². The van der Waals surface area contributed by atoms with Crippen molar-refractivity contribution in [3.63, 3.8) is 0 Å². The fourth-order valence-corrected chi connectivity index (χ4v) is 4.18. The molecule has 5 nitrogen and oxygen atoms in total. The number of carbonyl (C=O) groups is 1. The lowest BCUT2D eigenvalue weighted by Gasteiger charge is -2.15. The SMILES string of the molecule is O=C(O)CSc1nnc(Br)n1-c1ccc2ccccc2c1C1CC1. The van der Waals surface area contributed by atoms with Gasteiger partial charge < -0.3 is 5.11 Å². The summed E-state index contributed by atoms with van der Waals surface area (Å²) in [5.74, 6) is -0.373. The van der Waals surface area contributed by atoms with Gasteiger partial charge in [0.15, 0.2) is 5.16 Å². The molecule has 0 radical (unpaired) electrons. The first-order valence-electron chi connectivity index (χ1n) is 7.62. The van der Waals surface area contributed by atoms with Gasteiger partial charge in [0.1, 0.15) is 0 Å². The van der Waals surface area contributed by atoms with Crippen molar-refractivity contribution in [3.05, 3.63) is 46.7 Å². The van der Waals surface area contributed by atoms with Crippen LogP contribution in [0.3, 0.4) is 0 Å². The molecule has 1 saturated carbocycles. The molecule has 1 aromatic heterocycles. The largest absolute Gasteiger partial charge is 0.481 e. The molecule has 0 unspecified atom stereocenters. The number of halogens is 1. The van der Waals surface area contributed by atoms with Crippen LogP contribution in [0.4, 0.5) is 0 Å².